The van der Waals surface area contributed by atoms with E-state index in [-0.39, 0.29) is 18.7 Å². The van der Waals surface area contributed by atoms with Crippen LogP contribution in [0, 0.1) is 11.3 Å². The lowest BCUT2D eigenvalue weighted by Crippen LogP contribution is -2.25. The molecule has 1 aromatic carbocycles. The van der Waals surface area contributed by atoms with Gasteiger partial charge in [0.2, 0.25) is 5.91 Å². The third kappa shape index (κ3) is 2.99. The summed E-state index contributed by atoms with van der Waals surface area (Å²) >= 11 is 0. The van der Waals surface area contributed by atoms with Crippen molar-refractivity contribution in [2.75, 3.05) is 19.1 Å². The van der Waals surface area contributed by atoms with Crippen molar-refractivity contribution in [2.45, 2.75) is 12.8 Å². The molecule has 0 bridgehead atoms. The third-order valence-electron chi connectivity index (χ3n) is 2.27. The zero-order valence-electron chi connectivity index (χ0n) is 9.43. The molecule has 0 unspecified atom stereocenters. The Morgan fingerprint density at radius 1 is 1.56 bits per heavy atom. The number of hydrogen-bond donors (Lipinski definition) is 0. The van der Waals surface area contributed by atoms with Gasteiger partial charge in [0.25, 0.3) is 0 Å². The second-order valence-electron chi connectivity index (χ2n) is 3.31. The van der Waals surface area contributed by atoms with Gasteiger partial charge in [-0.15, -0.1) is 0 Å². The second-order valence-corrected chi connectivity index (χ2v) is 3.31. The van der Waals surface area contributed by atoms with Crippen LogP contribution in [0.15, 0.2) is 24.3 Å². The van der Waals surface area contributed by atoms with Gasteiger partial charge in [0.05, 0.1) is 13.2 Å². The molecule has 0 fully saturated rings. The fourth-order valence-corrected chi connectivity index (χ4v) is 1.29. The summed E-state index contributed by atoms with van der Waals surface area (Å²) in [5, 5.41) is 8.41. The van der Waals surface area contributed by atoms with Crippen LogP contribution in [-0.2, 0) is 4.79 Å². The van der Waals surface area contributed by atoms with Crippen molar-refractivity contribution in [3.05, 3.63) is 24.3 Å². The molecule has 1 amide bonds. The van der Waals surface area contributed by atoms with E-state index in [0.717, 1.165) is 5.69 Å². The van der Waals surface area contributed by atoms with E-state index < -0.39 is 0 Å². The van der Waals surface area contributed by atoms with E-state index >= 15 is 0 Å². The van der Waals surface area contributed by atoms with Gasteiger partial charge < -0.3 is 9.64 Å². The fraction of sp³-hybridized carbons (Fsp3) is 0.333. The number of amides is 1. The molecule has 84 valence electrons. The molecule has 4 nitrogen and oxygen atoms in total. The minimum absolute atomic E-state index is 0.0743. The van der Waals surface area contributed by atoms with E-state index in [1.54, 1.807) is 20.2 Å². The normalized spacial score (nSPS) is 9.31. The molecule has 4 heteroatoms. The van der Waals surface area contributed by atoms with E-state index in [4.69, 9.17) is 10.00 Å². The van der Waals surface area contributed by atoms with E-state index in [1.807, 2.05) is 24.3 Å². The van der Waals surface area contributed by atoms with E-state index in [2.05, 4.69) is 0 Å². The molecule has 0 atom stereocenters. The third-order valence-corrected chi connectivity index (χ3v) is 2.27. The SMILES string of the molecule is COc1cccc(N(C)C(=O)CCC#N)c1. The van der Waals surface area contributed by atoms with Crippen molar-refractivity contribution in [3.8, 4) is 11.8 Å². The zero-order valence-corrected chi connectivity index (χ0v) is 9.43. The second kappa shape index (κ2) is 5.76. The van der Waals surface area contributed by atoms with Crippen LogP contribution in [-0.4, -0.2) is 20.1 Å². The molecule has 0 saturated carbocycles. The number of benzene rings is 1. The van der Waals surface area contributed by atoms with Gasteiger partial charge in [0.1, 0.15) is 5.75 Å². The minimum Gasteiger partial charge on any atom is -0.497 e. The predicted molar refractivity (Wildman–Crippen MR) is 61.3 cm³/mol. The number of rotatable bonds is 4. The van der Waals surface area contributed by atoms with Crippen molar-refractivity contribution >= 4 is 11.6 Å². The average molecular weight is 218 g/mol. The molecule has 0 aliphatic rings. The summed E-state index contributed by atoms with van der Waals surface area (Å²) in [4.78, 5) is 13.2. The van der Waals surface area contributed by atoms with Gasteiger partial charge in [-0.2, -0.15) is 5.26 Å². The Kier molecular flexibility index (Phi) is 4.34. The van der Waals surface area contributed by atoms with Crippen LogP contribution < -0.4 is 9.64 Å². The summed E-state index contributed by atoms with van der Waals surface area (Å²) in [7, 11) is 3.27. The van der Waals surface area contributed by atoms with Crippen LogP contribution in [0.1, 0.15) is 12.8 Å². The first kappa shape index (κ1) is 12.1. The van der Waals surface area contributed by atoms with Gasteiger partial charge in [0, 0.05) is 31.6 Å². The maximum Gasteiger partial charge on any atom is 0.227 e. The van der Waals surface area contributed by atoms with Crippen molar-refractivity contribution < 1.29 is 9.53 Å². The lowest BCUT2D eigenvalue weighted by atomic mass is 10.2. The Hall–Kier alpha value is -2.02. The molecule has 0 N–H and O–H groups in total. The summed E-state index contributed by atoms with van der Waals surface area (Å²) in [6, 6.07) is 9.20. The van der Waals surface area contributed by atoms with Crippen molar-refractivity contribution in [1.82, 2.24) is 0 Å². The van der Waals surface area contributed by atoms with E-state index in [9.17, 15) is 4.79 Å². The number of hydrogen-bond acceptors (Lipinski definition) is 3. The van der Waals surface area contributed by atoms with Gasteiger partial charge in [-0.05, 0) is 12.1 Å². The standard InChI is InChI=1S/C12H14N2O2/c1-14(12(15)7-4-8-13)10-5-3-6-11(9-10)16-2/h3,5-6,9H,4,7H2,1-2H3. The number of nitrogens with zero attached hydrogens (tertiary/aromatic N) is 2. The summed E-state index contributed by atoms with van der Waals surface area (Å²) < 4.78 is 5.08. The summed E-state index contributed by atoms with van der Waals surface area (Å²) in [6.45, 7) is 0. The van der Waals surface area contributed by atoms with Crippen LogP contribution >= 0.6 is 0 Å². The van der Waals surface area contributed by atoms with Crippen molar-refractivity contribution in [2.24, 2.45) is 0 Å². The quantitative estimate of drug-likeness (QED) is 0.776. The Labute approximate surface area is 95.0 Å². The van der Waals surface area contributed by atoms with Crippen molar-refractivity contribution in [1.29, 1.82) is 5.26 Å². The molecule has 1 rings (SSSR count). The molecule has 0 aromatic heterocycles. The molecule has 1 aromatic rings. The molecule has 0 radical (unpaired) electrons. The van der Waals surface area contributed by atoms with Crippen LogP contribution in [0.25, 0.3) is 0 Å². The highest BCUT2D eigenvalue weighted by Crippen LogP contribution is 2.20. The largest absolute Gasteiger partial charge is 0.497 e. The highest BCUT2D eigenvalue weighted by atomic mass is 16.5. The Balaban J connectivity index is 2.75. The number of anilines is 1. The Morgan fingerprint density at radius 2 is 2.31 bits per heavy atom. The summed E-state index contributed by atoms with van der Waals surface area (Å²) in [6.07, 6.45) is 0.483. The number of ether oxygens (including phenoxy) is 1. The van der Waals surface area contributed by atoms with Gasteiger partial charge >= 0.3 is 0 Å². The molecular weight excluding hydrogens is 204 g/mol. The molecule has 0 saturated heterocycles. The molecule has 16 heavy (non-hydrogen) atoms. The maximum atomic E-state index is 11.6. The molecule has 0 aliphatic carbocycles. The summed E-state index contributed by atoms with van der Waals surface area (Å²) in [5.41, 5.74) is 0.766. The average Bonchev–Trinajstić information content (AvgIpc) is 2.35. The monoisotopic (exact) mass is 218 g/mol. The first-order valence-corrected chi connectivity index (χ1v) is 4.96. The minimum atomic E-state index is -0.0743. The Bertz CT molecular complexity index is 410. The molecular formula is C12H14N2O2. The van der Waals surface area contributed by atoms with Gasteiger partial charge in [0.15, 0.2) is 0 Å². The van der Waals surface area contributed by atoms with Crippen molar-refractivity contribution in [3.63, 3.8) is 0 Å². The zero-order chi connectivity index (χ0) is 12.0. The number of nitriles is 1. The lowest BCUT2D eigenvalue weighted by Gasteiger charge is -2.17. The van der Waals surface area contributed by atoms with Crippen LogP contribution in [0.3, 0.4) is 0 Å². The predicted octanol–water partition coefficient (Wildman–Crippen LogP) is 1.96. The number of methoxy groups -OCH3 is 1. The van der Waals surface area contributed by atoms with E-state index in [0.29, 0.717) is 5.75 Å². The Morgan fingerprint density at radius 3 is 2.94 bits per heavy atom. The maximum absolute atomic E-state index is 11.6. The van der Waals surface area contributed by atoms with Crippen LogP contribution in [0.2, 0.25) is 0 Å². The van der Waals surface area contributed by atoms with E-state index in [1.165, 1.54) is 4.90 Å². The smallest absolute Gasteiger partial charge is 0.227 e. The topological polar surface area (TPSA) is 53.3 Å². The number of carbonyl (C=O) groups is 1. The molecule has 0 spiro atoms. The molecule has 0 aliphatic heterocycles. The van der Waals surface area contributed by atoms with Gasteiger partial charge in [-0.3, -0.25) is 4.79 Å². The highest BCUT2D eigenvalue weighted by Gasteiger charge is 2.10. The molecule has 0 heterocycles. The lowest BCUT2D eigenvalue weighted by molar-refractivity contribution is -0.118. The first-order chi connectivity index (χ1) is 7.69. The first-order valence-electron chi connectivity index (χ1n) is 4.96. The van der Waals surface area contributed by atoms with Crippen LogP contribution in [0.4, 0.5) is 5.69 Å². The summed E-state index contributed by atoms with van der Waals surface area (Å²) in [5.74, 6) is 0.632. The van der Waals surface area contributed by atoms with Crippen LogP contribution in [0.5, 0.6) is 5.75 Å². The fourth-order valence-electron chi connectivity index (χ4n) is 1.29. The van der Waals surface area contributed by atoms with Gasteiger partial charge in [-0.1, -0.05) is 6.07 Å². The van der Waals surface area contributed by atoms with Gasteiger partial charge in [-0.25, -0.2) is 0 Å². The highest BCUT2D eigenvalue weighted by molar-refractivity contribution is 5.93. The number of carbonyl (C=O) groups excluding carboxylic acids is 1.